The summed E-state index contributed by atoms with van der Waals surface area (Å²) >= 11 is 0. The Bertz CT molecular complexity index is 324. The first-order chi connectivity index (χ1) is 8.08. The molecule has 94 valence electrons. The molecule has 0 saturated heterocycles. The molecule has 1 atom stereocenters. The van der Waals surface area contributed by atoms with Crippen LogP contribution in [0.5, 0.6) is 0 Å². The fraction of sp³-hybridized carbons (Fsp3) is 0.692. The Balaban J connectivity index is 2.41. The molecule has 0 aromatic rings. The third-order valence-corrected chi connectivity index (χ3v) is 3.37. The lowest BCUT2D eigenvalue weighted by Crippen LogP contribution is -2.39. The van der Waals surface area contributed by atoms with Crippen LogP contribution in [0.4, 0.5) is 0 Å². The highest BCUT2D eigenvalue weighted by atomic mass is 16.4. The third kappa shape index (κ3) is 3.77. The van der Waals surface area contributed by atoms with Crippen LogP contribution in [0, 0.1) is 24.2 Å². The van der Waals surface area contributed by atoms with E-state index in [-0.39, 0.29) is 23.8 Å². The van der Waals surface area contributed by atoms with Crippen LogP contribution in [0.2, 0.25) is 0 Å². The molecule has 2 N–H and O–H groups in total. The van der Waals surface area contributed by atoms with E-state index in [0.717, 1.165) is 0 Å². The fourth-order valence-corrected chi connectivity index (χ4v) is 2.15. The number of carboxylic acids is 1. The van der Waals surface area contributed by atoms with Gasteiger partial charge in [0.25, 0.3) is 0 Å². The topological polar surface area (TPSA) is 66.4 Å². The van der Waals surface area contributed by atoms with Crippen LogP contribution in [0.15, 0.2) is 0 Å². The van der Waals surface area contributed by atoms with E-state index < -0.39 is 5.97 Å². The quantitative estimate of drug-likeness (QED) is 0.726. The maximum Gasteiger partial charge on any atom is 0.306 e. The van der Waals surface area contributed by atoms with E-state index in [1.807, 2.05) is 6.92 Å². The van der Waals surface area contributed by atoms with Gasteiger partial charge in [0.2, 0.25) is 5.91 Å². The second-order valence-electron chi connectivity index (χ2n) is 4.52. The molecule has 1 aliphatic rings. The van der Waals surface area contributed by atoms with E-state index in [2.05, 4.69) is 11.2 Å². The van der Waals surface area contributed by atoms with E-state index >= 15 is 0 Å². The van der Waals surface area contributed by atoms with E-state index in [0.29, 0.717) is 32.1 Å². The Morgan fingerprint density at radius 3 is 2.29 bits per heavy atom. The number of amides is 1. The van der Waals surface area contributed by atoms with Crippen molar-refractivity contribution in [2.75, 3.05) is 0 Å². The summed E-state index contributed by atoms with van der Waals surface area (Å²) in [5, 5.41) is 11.7. The van der Waals surface area contributed by atoms with Gasteiger partial charge in [-0.3, -0.25) is 9.59 Å². The van der Waals surface area contributed by atoms with Gasteiger partial charge in [0.15, 0.2) is 0 Å². The number of rotatable bonds is 4. The van der Waals surface area contributed by atoms with E-state index in [1.54, 1.807) is 0 Å². The van der Waals surface area contributed by atoms with Gasteiger partial charge in [0, 0.05) is 5.92 Å². The molecule has 0 bridgehead atoms. The first-order valence-electron chi connectivity index (χ1n) is 6.07. The van der Waals surface area contributed by atoms with Crippen LogP contribution in [0.3, 0.4) is 0 Å². The Hall–Kier alpha value is -1.50. The summed E-state index contributed by atoms with van der Waals surface area (Å²) < 4.78 is 0. The Labute approximate surface area is 102 Å². The van der Waals surface area contributed by atoms with Gasteiger partial charge in [-0.2, -0.15) is 0 Å². The summed E-state index contributed by atoms with van der Waals surface area (Å²) in [5.74, 6) is 1.38. The number of aliphatic carboxylic acids is 1. The number of nitrogens with one attached hydrogen (secondary N) is 1. The monoisotopic (exact) mass is 237 g/mol. The summed E-state index contributed by atoms with van der Waals surface area (Å²) in [6.07, 6.45) is 8.45. The summed E-state index contributed by atoms with van der Waals surface area (Å²) in [6.45, 7) is 1.92. The highest BCUT2D eigenvalue weighted by Crippen LogP contribution is 2.29. The van der Waals surface area contributed by atoms with Crippen LogP contribution in [0.25, 0.3) is 0 Å². The molecule has 0 aliphatic heterocycles. The molecular formula is C13H19NO3. The van der Waals surface area contributed by atoms with Crippen molar-refractivity contribution in [3.63, 3.8) is 0 Å². The minimum absolute atomic E-state index is 0.0290. The first kappa shape index (κ1) is 13.6. The lowest BCUT2D eigenvalue weighted by molar-refractivity contribution is -0.144. The molecule has 1 amide bonds. The zero-order valence-corrected chi connectivity index (χ0v) is 10.1. The summed E-state index contributed by atoms with van der Waals surface area (Å²) in [7, 11) is 0. The molecular weight excluding hydrogens is 218 g/mol. The molecule has 0 aromatic carbocycles. The average molecular weight is 237 g/mol. The number of hydrogen-bond acceptors (Lipinski definition) is 2. The molecule has 0 heterocycles. The zero-order chi connectivity index (χ0) is 12.8. The number of carbonyl (C=O) groups excluding carboxylic acids is 1. The van der Waals surface area contributed by atoms with Crippen LogP contribution in [-0.2, 0) is 9.59 Å². The molecule has 1 fully saturated rings. The van der Waals surface area contributed by atoms with Crippen LogP contribution in [0.1, 0.15) is 39.0 Å². The van der Waals surface area contributed by atoms with Crippen molar-refractivity contribution in [2.24, 2.45) is 11.8 Å². The maximum absolute atomic E-state index is 11.8. The van der Waals surface area contributed by atoms with Crippen molar-refractivity contribution in [1.29, 1.82) is 0 Å². The van der Waals surface area contributed by atoms with Crippen molar-refractivity contribution < 1.29 is 14.7 Å². The van der Waals surface area contributed by atoms with Gasteiger partial charge < -0.3 is 10.4 Å². The molecule has 0 aromatic heterocycles. The lowest BCUT2D eigenvalue weighted by atomic mass is 9.81. The second-order valence-corrected chi connectivity index (χ2v) is 4.52. The SMILES string of the molecule is C#CC(CC)NC(=O)C1CCC(C(=O)O)CC1. The van der Waals surface area contributed by atoms with E-state index in [1.165, 1.54) is 0 Å². The van der Waals surface area contributed by atoms with Crippen molar-refractivity contribution in [3.05, 3.63) is 0 Å². The van der Waals surface area contributed by atoms with Crippen LogP contribution < -0.4 is 5.32 Å². The van der Waals surface area contributed by atoms with Gasteiger partial charge in [0.05, 0.1) is 12.0 Å². The van der Waals surface area contributed by atoms with E-state index in [9.17, 15) is 9.59 Å². The first-order valence-corrected chi connectivity index (χ1v) is 6.07. The molecule has 17 heavy (non-hydrogen) atoms. The predicted octanol–water partition coefficient (Wildman–Crippen LogP) is 1.41. The summed E-state index contributed by atoms with van der Waals surface area (Å²) in [5.41, 5.74) is 0. The van der Waals surface area contributed by atoms with Gasteiger partial charge in [-0.15, -0.1) is 6.42 Å². The molecule has 0 radical (unpaired) electrons. The van der Waals surface area contributed by atoms with Gasteiger partial charge in [-0.1, -0.05) is 12.8 Å². The number of carbonyl (C=O) groups is 2. The van der Waals surface area contributed by atoms with Gasteiger partial charge in [-0.05, 0) is 32.1 Å². The predicted molar refractivity (Wildman–Crippen MR) is 64.1 cm³/mol. The van der Waals surface area contributed by atoms with Crippen LogP contribution >= 0.6 is 0 Å². The maximum atomic E-state index is 11.8. The summed E-state index contributed by atoms with van der Waals surface area (Å²) in [6, 6.07) is -0.209. The minimum Gasteiger partial charge on any atom is -0.481 e. The third-order valence-electron chi connectivity index (χ3n) is 3.37. The largest absolute Gasteiger partial charge is 0.481 e. The minimum atomic E-state index is -0.751. The van der Waals surface area contributed by atoms with Crippen molar-refractivity contribution in [2.45, 2.75) is 45.1 Å². The van der Waals surface area contributed by atoms with Gasteiger partial charge >= 0.3 is 5.97 Å². The van der Waals surface area contributed by atoms with Gasteiger partial charge in [-0.25, -0.2) is 0 Å². The molecule has 1 rings (SSSR count). The van der Waals surface area contributed by atoms with E-state index in [4.69, 9.17) is 11.5 Å². The molecule has 1 aliphatic carbocycles. The van der Waals surface area contributed by atoms with Crippen molar-refractivity contribution in [3.8, 4) is 12.3 Å². The normalized spacial score (nSPS) is 25.6. The Morgan fingerprint density at radius 2 is 1.88 bits per heavy atom. The Kier molecular flexibility index (Phi) is 5.02. The number of carboxylic acid groups (broad SMARTS) is 1. The van der Waals surface area contributed by atoms with Gasteiger partial charge in [0.1, 0.15) is 0 Å². The number of terminal acetylenes is 1. The highest BCUT2D eigenvalue weighted by Gasteiger charge is 2.30. The standard InChI is InChI=1S/C13H19NO3/c1-3-11(4-2)14-12(15)9-5-7-10(8-6-9)13(16)17/h1,9-11H,4-8H2,2H3,(H,14,15)(H,16,17). The highest BCUT2D eigenvalue weighted by molar-refractivity contribution is 5.80. The fourth-order valence-electron chi connectivity index (χ4n) is 2.15. The summed E-state index contributed by atoms with van der Waals surface area (Å²) in [4.78, 5) is 22.6. The average Bonchev–Trinajstić information content (AvgIpc) is 2.35. The Morgan fingerprint density at radius 1 is 1.35 bits per heavy atom. The molecule has 1 unspecified atom stereocenters. The molecule has 0 spiro atoms. The number of hydrogen-bond donors (Lipinski definition) is 2. The van der Waals surface area contributed by atoms with Crippen LogP contribution in [-0.4, -0.2) is 23.0 Å². The smallest absolute Gasteiger partial charge is 0.306 e. The van der Waals surface area contributed by atoms with Crippen molar-refractivity contribution >= 4 is 11.9 Å². The molecule has 1 saturated carbocycles. The second kappa shape index (κ2) is 6.29. The zero-order valence-electron chi connectivity index (χ0n) is 10.1. The molecule has 4 heteroatoms. The lowest BCUT2D eigenvalue weighted by Gasteiger charge is -2.26. The van der Waals surface area contributed by atoms with Crippen molar-refractivity contribution in [1.82, 2.24) is 5.32 Å². The molecule has 4 nitrogen and oxygen atoms in total.